The Labute approximate surface area is 236 Å². The second kappa shape index (κ2) is 10.3. The highest BCUT2D eigenvalue weighted by Gasteiger charge is 2.21. The van der Waals surface area contributed by atoms with Crippen LogP contribution in [0.25, 0.3) is 55.6 Å². The topological polar surface area (TPSA) is 99.3 Å². The van der Waals surface area contributed by atoms with Gasteiger partial charge in [-0.25, -0.2) is 4.39 Å². The number of aromatic amines is 2. The zero-order valence-electron chi connectivity index (χ0n) is 22.7. The van der Waals surface area contributed by atoms with Crippen molar-refractivity contribution in [1.82, 2.24) is 25.1 Å². The van der Waals surface area contributed by atoms with E-state index < -0.39 is 0 Å². The van der Waals surface area contributed by atoms with Crippen LogP contribution < -0.4 is 5.32 Å². The smallest absolute Gasteiger partial charge is 0.227 e. The number of pyridine rings is 2. The van der Waals surface area contributed by atoms with Crippen molar-refractivity contribution in [2.45, 2.75) is 39.0 Å². The van der Waals surface area contributed by atoms with Gasteiger partial charge in [0.15, 0.2) is 0 Å². The molecule has 0 bridgehead atoms. The lowest BCUT2D eigenvalue weighted by Crippen LogP contribution is -2.24. The van der Waals surface area contributed by atoms with Crippen molar-refractivity contribution >= 4 is 33.4 Å². The maximum Gasteiger partial charge on any atom is 0.227 e. The molecule has 2 aromatic carbocycles. The van der Waals surface area contributed by atoms with E-state index >= 15 is 0 Å². The van der Waals surface area contributed by atoms with Crippen LogP contribution in [-0.4, -0.2) is 31.1 Å². The fourth-order valence-corrected chi connectivity index (χ4v) is 5.96. The highest BCUT2D eigenvalue weighted by Crippen LogP contribution is 2.35. The van der Waals surface area contributed by atoms with Gasteiger partial charge in [-0.3, -0.25) is 19.9 Å². The van der Waals surface area contributed by atoms with Crippen molar-refractivity contribution in [2.24, 2.45) is 5.92 Å². The summed E-state index contributed by atoms with van der Waals surface area (Å²) in [6.07, 6.45) is 10.6. The van der Waals surface area contributed by atoms with Gasteiger partial charge in [-0.05, 0) is 79.4 Å². The van der Waals surface area contributed by atoms with E-state index in [2.05, 4.69) is 36.5 Å². The van der Waals surface area contributed by atoms with Crippen LogP contribution in [0.3, 0.4) is 0 Å². The lowest BCUT2D eigenvalue weighted by atomic mass is 9.88. The third-order valence-electron chi connectivity index (χ3n) is 8.00. The Kier molecular flexibility index (Phi) is 6.30. The lowest BCUT2D eigenvalue weighted by molar-refractivity contribution is -0.120. The van der Waals surface area contributed by atoms with E-state index in [9.17, 15) is 9.18 Å². The first kappa shape index (κ1) is 25.1. The van der Waals surface area contributed by atoms with Crippen molar-refractivity contribution in [2.75, 3.05) is 5.32 Å². The molecule has 0 spiro atoms. The summed E-state index contributed by atoms with van der Waals surface area (Å²) in [6, 6.07) is 17.0. The third-order valence-corrected chi connectivity index (χ3v) is 8.00. The zero-order valence-corrected chi connectivity index (χ0v) is 22.7. The first-order valence-corrected chi connectivity index (χ1v) is 14.0. The van der Waals surface area contributed by atoms with Gasteiger partial charge in [0.25, 0.3) is 0 Å². The lowest BCUT2D eigenvalue weighted by Gasteiger charge is -2.20. The molecule has 7 rings (SSSR count). The number of anilines is 1. The molecule has 0 aliphatic heterocycles. The molecular weight excluding hydrogens is 515 g/mol. The number of halogens is 1. The number of aromatic nitrogens is 5. The van der Waals surface area contributed by atoms with E-state index in [1.807, 2.05) is 43.3 Å². The Morgan fingerprint density at radius 2 is 1.73 bits per heavy atom. The number of amides is 1. The quantitative estimate of drug-likeness (QED) is 0.206. The summed E-state index contributed by atoms with van der Waals surface area (Å²) in [4.78, 5) is 25.3. The summed E-state index contributed by atoms with van der Waals surface area (Å²) in [5.74, 6) is -0.126. The van der Waals surface area contributed by atoms with Gasteiger partial charge in [-0.15, -0.1) is 0 Å². The Balaban J connectivity index is 1.23. The van der Waals surface area contributed by atoms with Gasteiger partial charge in [0.1, 0.15) is 11.5 Å². The van der Waals surface area contributed by atoms with Gasteiger partial charge in [0.2, 0.25) is 5.91 Å². The molecule has 0 saturated heterocycles. The monoisotopic (exact) mass is 544 g/mol. The zero-order chi connectivity index (χ0) is 27.9. The molecule has 8 heteroatoms. The maximum absolute atomic E-state index is 14.2. The maximum atomic E-state index is 14.2. The molecule has 41 heavy (non-hydrogen) atoms. The normalized spacial score (nSPS) is 14.1. The molecule has 1 aliphatic rings. The summed E-state index contributed by atoms with van der Waals surface area (Å²) in [5, 5.41) is 12.7. The first-order chi connectivity index (χ1) is 20.0. The number of hydrogen-bond acceptors (Lipinski definition) is 4. The van der Waals surface area contributed by atoms with Crippen LogP contribution in [0, 0.1) is 18.7 Å². The Hall–Kier alpha value is -4.85. The van der Waals surface area contributed by atoms with E-state index in [1.165, 1.54) is 18.6 Å². The van der Waals surface area contributed by atoms with Crippen LogP contribution in [0.2, 0.25) is 0 Å². The van der Waals surface area contributed by atoms with Gasteiger partial charge in [-0.2, -0.15) is 5.10 Å². The molecule has 0 radical (unpaired) electrons. The average Bonchev–Trinajstić information content (AvgIpc) is 3.61. The Morgan fingerprint density at radius 3 is 2.59 bits per heavy atom. The summed E-state index contributed by atoms with van der Waals surface area (Å²) in [7, 11) is 0. The van der Waals surface area contributed by atoms with E-state index in [-0.39, 0.29) is 17.6 Å². The van der Waals surface area contributed by atoms with Gasteiger partial charge < -0.3 is 10.3 Å². The number of rotatable bonds is 5. The number of carbonyl (C=O) groups is 1. The van der Waals surface area contributed by atoms with E-state index in [1.54, 1.807) is 18.6 Å². The number of H-pyrrole nitrogens is 2. The van der Waals surface area contributed by atoms with Gasteiger partial charge in [-0.1, -0.05) is 25.3 Å². The van der Waals surface area contributed by atoms with Crippen LogP contribution in [0.15, 0.2) is 73.2 Å². The van der Waals surface area contributed by atoms with Crippen LogP contribution in [0.4, 0.5) is 10.1 Å². The predicted molar refractivity (Wildman–Crippen MR) is 160 cm³/mol. The molecule has 0 atom stereocenters. The van der Waals surface area contributed by atoms with Crippen molar-refractivity contribution < 1.29 is 9.18 Å². The molecule has 1 amide bonds. The van der Waals surface area contributed by atoms with Crippen molar-refractivity contribution in [3.63, 3.8) is 0 Å². The standard InChI is InChI=1S/C33H29FN6O/c1-19-11-22(13-24(34)12-19)31-27-16-30(38-28(27)9-10-36-31)32-26-15-21(7-8-29(26)39-40-32)23-14-25(18-35-17-23)37-33(41)20-5-3-2-4-6-20/h7-18,20,38H,2-6H2,1H3,(H,37,41)(H,39,40). The third kappa shape index (κ3) is 4.86. The summed E-state index contributed by atoms with van der Waals surface area (Å²) >= 11 is 0. The molecular formula is C33H29FN6O. The first-order valence-electron chi connectivity index (χ1n) is 14.0. The minimum absolute atomic E-state index is 0.0780. The molecule has 1 aliphatic carbocycles. The van der Waals surface area contributed by atoms with Gasteiger partial charge in [0, 0.05) is 45.7 Å². The molecule has 0 unspecified atom stereocenters. The molecule has 3 N–H and O–H groups in total. The van der Waals surface area contributed by atoms with Crippen molar-refractivity contribution in [1.29, 1.82) is 0 Å². The number of aryl methyl sites for hydroxylation is 1. The van der Waals surface area contributed by atoms with Crippen LogP contribution in [0.5, 0.6) is 0 Å². The highest BCUT2D eigenvalue weighted by molar-refractivity contribution is 6.01. The minimum Gasteiger partial charge on any atom is -0.353 e. The highest BCUT2D eigenvalue weighted by atomic mass is 19.1. The predicted octanol–water partition coefficient (Wildman–Crippen LogP) is 7.80. The van der Waals surface area contributed by atoms with Crippen LogP contribution in [0.1, 0.15) is 37.7 Å². The van der Waals surface area contributed by atoms with E-state index in [0.29, 0.717) is 11.4 Å². The van der Waals surface area contributed by atoms with E-state index in [0.717, 1.165) is 81.1 Å². The molecule has 1 fully saturated rings. The molecule has 6 aromatic rings. The molecule has 4 aromatic heterocycles. The number of carbonyl (C=O) groups excluding carboxylic acids is 1. The van der Waals surface area contributed by atoms with E-state index in [4.69, 9.17) is 0 Å². The largest absolute Gasteiger partial charge is 0.353 e. The van der Waals surface area contributed by atoms with Gasteiger partial charge >= 0.3 is 0 Å². The van der Waals surface area contributed by atoms with Crippen LogP contribution in [-0.2, 0) is 4.79 Å². The number of hydrogen-bond donors (Lipinski definition) is 3. The van der Waals surface area contributed by atoms with Crippen molar-refractivity contribution in [3.8, 4) is 33.8 Å². The SMILES string of the molecule is Cc1cc(F)cc(-c2nccc3[nH]c(-c4n[nH]c5ccc(-c6cncc(NC(=O)C7CCCCC7)c6)cc45)cc23)c1. The number of benzene rings is 2. The minimum atomic E-state index is -0.285. The average molecular weight is 545 g/mol. The number of fused-ring (bicyclic) bond motifs is 2. The number of nitrogens with zero attached hydrogens (tertiary/aromatic N) is 3. The molecule has 4 heterocycles. The second-order valence-corrected chi connectivity index (χ2v) is 10.9. The molecule has 1 saturated carbocycles. The molecule has 204 valence electrons. The summed E-state index contributed by atoms with van der Waals surface area (Å²) in [5.41, 5.74) is 8.26. The molecule has 7 nitrogen and oxygen atoms in total. The summed E-state index contributed by atoms with van der Waals surface area (Å²) < 4.78 is 14.2. The van der Waals surface area contributed by atoms with Gasteiger partial charge in [0.05, 0.1) is 28.8 Å². The van der Waals surface area contributed by atoms with Crippen LogP contribution >= 0.6 is 0 Å². The Morgan fingerprint density at radius 1 is 0.878 bits per heavy atom. The summed E-state index contributed by atoms with van der Waals surface area (Å²) in [6.45, 7) is 1.87. The Bertz CT molecular complexity index is 1900. The fraction of sp³-hybridized carbons (Fsp3) is 0.212. The second-order valence-electron chi connectivity index (χ2n) is 10.9. The van der Waals surface area contributed by atoms with Crippen molar-refractivity contribution in [3.05, 3.63) is 84.6 Å². The number of nitrogens with one attached hydrogen (secondary N) is 3. The fourth-order valence-electron chi connectivity index (χ4n) is 5.96.